The number of hydrogen-bond acceptors (Lipinski definition) is 3. The highest BCUT2D eigenvalue weighted by Gasteiger charge is 2.29. The maximum atomic E-state index is 11.2. The summed E-state index contributed by atoms with van der Waals surface area (Å²) < 4.78 is 0. The smallest absolute Gasteiger partial charge is 0.234 e. The van der Waals surface area contributed by atoms with E-state index in [9.17, 15) is 9.90 Å². The quantitative estimate of drug-likeness (QED) is 0.502. The standard InChI is InChI=1S/C10H20N2O2/c1-2-5-11-7-10(14)12-6-9(13)8-3-4-8/h8-9,11,13H,2-7H2,1H3,(H,12,14). The summed E-state index contributed by atoms with van der Waals surface area (Å²) in [5.41, 5.74) is 0. The van der Waals surface area contributed by atoms with Gasteiger partial charge in [-0.05, 0) is 31.7 Å². The summed E-state index contributed by atoms with van der Waals surface area (Å²) >= 11 is 0. The first-order chi connectivity index (χ1) is 6.74. The lowest BCUT2D eigenvalue weighted by atomic mass is 10.2. The first-order valence-electron chi connectivity index (χ1n) is 5.39. The molecule has 14 heavy (non-hydrogen) atoms. The summed E-state index contributed by atoms with van der Waals surface area (Å²) in [6, 6.07) is 0. The zero-order chi connectivity index (χ0) is 10.4. The Morgan fingerprint density at radius 1 is 1.57 bits per heavy atom. The lowest BCUT2D eigenvalue weighted by Gasteiger charge is -2.10. The van der Waals surface area contributed by atoms with Gasteiger partial charge in [0.2, 0.25) is 5.91 Å². The number of amides is 1. The average molecular weight is 200 g/mol. The number of nitrogens with one attached hydrogen (secondary N) is 2. The second kappa shape index (κ2) is 5.98. The third kappa shape index (κ3) is 4.58. The van der Waals surface area contributed by atoms with Crippen LogP contribution in [0.15, 0.2) is 0 Å². The Balaban J connectivity index is 1.96. The molecule has 0 spiro atoms. The summed E-state index contributed by atoms with van der Waals surface area (Å²) in [7, 11) is 0. The van der Waals surface area contributed by atoms with Crippen LogP contribution in [0.2, 0.25) is 0 Å². The summed E-state index contributed by atoms with van der Waals surface area (Å²) in [6.45, 7) is 3.67. The van der Waals surface area contributed by atoms with Gasteiger partial charge in [-0.25, -0.2) is 0 Å². The zero-order valence-electron chi connectivity index (χ0n) is 8.75. The molecule has 0 radical (unpaired) electrons. The highest BCUT2D eigenvalue weighted by Crippen LogP contribution is 2.32. The first-order valence-corrected chi connectivity index (χ1v) is 5.39. The highest BCUT2D eigenvalue weighted by atomic mass is 16.3. The number of hydrogen-bond donors (Lipinski definition) is 3. The third-order valence-corrected chi connectivity index (χ3v) is 2.39. The van der Waals surface area contributed by atoms with Crippen LogP contribution in [0.1, 0.15) is 26.2 Å². The number of aliphatic hydroxyl groups is 1. The van der Waals surface area contributed by atoms with E-state index < -0.39 is 0 Å². The first kappa shape index (κ1) is 11.5. The minimum atomic E-state index is -0.342. The molecular formula is C10H20N2O2. The average Bonchev–Trinajstić information content (AvgIpc) is 2.98. The van der Waals surface area contributed by atoms with Crippen LogP contribution in [0.3, 0.4) is 0 Å². The molecular weight excluding hydrogens is 180 g/mol. The van der Waals surface area contributed by atoms with E-state index in [-0.39, 0.29) is 12.0 Å². The van der Waals surface area contributed by atoms with Crippen LogP contribution in [-0.4, -0.2) is 36.8 Å². The van der Waals surface area contributed by atoms with Gasteiger partial charge in [-0.3, -0.25) is 4.79 Å². The SMILES string of the molecule is CCCNCC(=O)NCC(O)C1CC1. The minimum Gasteiger partial charge on any atom is -0.391 e. The summed E-state index contributed by atoms with van der Waals surface area (Å²) in [5, 5.41) is 15.2. The van der Waals surface area contributed by atoms with Crippen molar-refractivity contribution < 1.29 is 9.90 Å². The van der Waals surface area contributed by atoms with Gasteiger partial charge in [-0.2, -0.15) is 0 Å². The molecule has 1 atom stereocenters. The van der Waals surface area contributed by atoms with Crippen molar-refractivity contribution in [1.82, 2.24) is 10.6 Å². The van der Waals surface area contributed by atoms with Crippen LogP contribution in [-0.2, 0) is 4.79 Å². The lowest BCUT2D eigenvalue weighted by Crippen LogP contribution is -2.38. The molecule has 1 unspecified atom stereocenters. The van der Waals surface area contributed by atoms with Gasteiger partial charge < -0.3 is 15.7 Å². The van der Waals surface area contributed by atoms with Gasteiger partial charge in [-0.1, -0.05) is 6.92 Å². The van der Waals surface area contributed by atoms with E-state index in [1.165, 1.54) is 0 Å². The van der Waals surface area contributed by atoms with Crippen molar-refractivity contribution >= 4 is 5.91 Å². The molecule has 0 aromatic carbocycles. The van der Waals surface area contributed by atoms with Crippen LogP contribution in [0.25, 0.3) is 0 Å². The molecule has 82 valence electrons. The molecule has 1 aliphatic carbocycles. The monoisotopic (exact) mass is 200 g/mol. The number of aliphatic hydroxyl groups excluding tert-OH is 1. The van der Waals surface area contributed by atoms with E-state index in [4.69, 9.17) is 0 Å². The fraction of sp³-hybridized carbons (Fsp3) is 0.900. The molecule has 1 fully saturated rings. The van der Waals surface area contributed by atoms with Gasteiger partial charge in [0.1, 0.15) is 0 Å². The Kier molecular flexibility index (Phi) is 4.90. The second-order valence-electron chi connectivity index (χ2n) is 3.89. The maximum absolute atomic E-state index is 11.2. The van der Waals surface area contributed by atoms with Gasteiger partial charge in [0, 0.05) is 6.54 Å². The third-order valence-electron chi connectivity index (χ3n) is 2.39. The van der Waals surface area contributed by atoms with Crippen molar-refractivity contribution in [3.63, 3.8) is 0 Å². The highest BCUT2D eigenvalue weighted by molar-refractivity contribution is 5.77. The molecule has 0 heterocycles. The molecule has 0 saturated heterocycles. The molecule has 0 aromatic heterocycles. The number of carbonyl (C=O) groups is 1. The Hall–Kier alpha value is -0.610. The zero-order valence-corrected chi connectivity index (χ0v) is 8.75. The second-order valence-corrected chi connectivity index (χ2v) is 3.89. The topological polar surface area (TPSA) is 61.4 Å². The van der Waals surface area contributed by atoms with Gasteiger partial charge in [0.05, 0.1) is 12.6 Å². The van der Waals surface area contributed by atoms with E-state index in [1.54, 1.807) is 0 Å². The predicted octanol–water partition coefficient (Wildman–Crippen LogP) is -0.127. The van der Waals surface area contributed by atoms with Crippen LogP contribution in [0.5, 0.6) is 0 Å². The van der Waals surface area contributed by atoms with Crippen molar-refractivity contribution in [2.75, 3.05) is 19.6 Å². The normalized spacial score (nSPS) is 17.9. The van der Waals surface area contributed by atoms with Gasteiger partial charge >= 0.3 is 0 Å². The van der Waals surface area contributed by atoms with Crippen molar-refractivity contribution in [2.45, 2.75) is 32.3 Å². The Morgan fingerprint density at radius 2 is 2.29 bits per heavy atom. The van der Waals surface area contributed by atoms with E-state index in [1.807, 2.05) is 0 Å². The molecule has 0 aliphatic heterocycles. The van der Waals surface area contributed by atoms with Crippen molar-refractivity contribution in [1.29, 1.82) is 0 Å². The molecule has 0 bridgehead atoms. The molecule has 1 rings (SSSR count). The Labute approximate surface area is 85.1 Å². The van der Waals surface area contributed by atoms with E-state index in [2.05, 4.69) is 17.6 Å². The minimum absolute atomic E-state index is 0.0295. The molecule has 1 amide bonds. The predicted molar refractivity (Wildman–Crippen MR) is 54.9 cm³/mol. The lowest BCUT2D eigenvalue weighted by molar-refractivity contribution is -0.120. The largest absolute Gasteiger partial charge is 0.391 e. The molecule has 0 aromatic rings. The van der Waals surface area contributed by atoms with Crippen molar-refractivity contribution in [3.05, 3.63) is 0 Å². The molecule has 1 aliphatic rings. The van der Waals surface area contributed by atoms with E-state index in [0.717, 1.165) is 25.8 Å². The van der Waals surface area contributed by atoms with Gasteiger partial charge in [0.25, 0.3) is 0 Å². The number of carbonyl (C=O) groups excluding carboxylic acids is 1. The van der Waals surface area contributed by atoms with Crippen molar-refractivity contribution in [3.8, 4) is 0 Å². The van der Waals surface area contributed by atoms with Crippen LogP contribution < -0.4 is 10.6 Å². The number of rotatable bonds is 7. The fourth-order valence-corrected chi connectivity index (χ4v) is 1.31. The van der Waals surface area contributed by atoms with E-state index >= 15 is 0 Å². The summed E-state index contributed by atoms with van der Waals surface area (Å²) in [4.78, 5) is 11.2. The van der Waals surface area contributed by atoms with Gasteiger partial charge in [-0.15, -0.1) is 0 Å². The Morgan fingerprint density at radius 3 is 2.86 bits per heavy atom. The summed E-state index contributed by atoms with van der Waals surface area (Å²) in [6.07, 6.45) is 2.89. The van der Waals surface area contributed by atoms with E-state index in [0.29, 0.717) is 19.0 Å². The maximum Gasteiger partial charge on any atom is 0.234 e. The summed E-state index contributed by atoms with van der Waals surface area (Å²) in [5.74, 6) is 0.400. The van der Waals surface area contributed by atoms with Crippen LogP contribution in [0, 0.1) is 5.92 Å². The Bertz CT molecular complexity index is 181. The van der Waals surface area contributed by atoms with Crippen LogP contribution >= 0.6 is 0 Å². The molecule has 3 N–H and O–H groups in total. The molecule has 4 heteroatoms. The fourth-order valence-electron chi connectivity index (χ4n) is 1.31. The van der Waals surface area contributed by atoms with Gasteiger partial charge in [0.15, 0.2) is 0 Å². The van der Waals surface area contributed by atoms with Crippen molar-refractivity contribution in [2.24, 2.45) is 5.92 Å². The molecule has 1 saturated carbocycles. The molecule has 4 nitrogen and oxygen atoms in total. The van der Waals surface area contributed by atoms with Crippen LogP contribution in [0.4, 0.5) is 0 Å².